The second kappa shape index (κ2) is 8.12. The third kappa shape index (κ3) is 6.54. The zero-order valence-electron chi connectivity index (χ0n) is 11.6. The van der Waals surface area contributed by atoms with E-state index in [9.17, 15) is 5.11 Å². The number of aliphatic hydroxyl groups is 1. The molecule has 108 valence electrons. The molecule has 3 N–H and O–H groups in total. The number of halogens is 1. The molecule has 1 atom stereocenters. The van der Waals surface area contributed by atoms with Crippen LogP contribution in [0.5, 0.6) is 0 Å². The Labute approximate surface area is 119 Å². The lowest BCUT2D eigenvalue weighted by Crippen LogP contribution is -2.22. The number of aromatic nitrogens is 3. The van der Waals surface area contributed by atoms with Crippen LogP contribution in [0.15, 0.2) is 0 Å². The van der Waals surface area contributed by atoms with Crippen LogP contribution in [0.4, 0.5) is 11.9 Å². The molecule has 7 heteroatoms. The molecule has 0 saturated heterocycles. The van der Waals surface area contributed by atoms with E-state index in [1.165, 1.54) is 0 Å². The highest BCUT2D eigenvalue weighted by Gasteiger charge is 2.09. The lowest BCUT2D eigenvalue weighted by Gasteiger charge is -2.14. The van der Waals surface area contributed by atoms with E-state index in [4.69, 9.17) is 11.6 Å². The van der Waals surface area contributed by atoms with Crippen LogP contribution >= 0.6 is 11.6 Å². The number of nitrogens with one attached hydrogen (secondary N) is 2. The van der Waals surface area contributed by atoms with Crippen molar-refractivity contribution in [2.75, 3.05) is 23.7 Å². The molecule has 0 amide bonds. The van der Waals surface area contributed by atoms with E-state index >= 15 is 0 Å². The molecule has 1 unspecified atom stereocenters. The molecular weight excluding hydrogens is 266 g/mol. The van der Waals surface area contributed by atoms with Gasteiger partial charge in [-0.05, 0) is 30.4 Å². The average Bonchev–Trinajstić information content (AvgIpc) is 2.32. The molecule has 0 bridgehead atoms. The summed E-state index contributed by atoms with van der Waals surface area (Å²) in [5, 5.41) is 15.9. The van der Waals surface area contributed by atoms with Crippen LogP contribution in [0, 0.1) is 5.92 Å². The van der Waals surface area contributed by atoms with Crippen molar-refractivity contribution in [3.05, 3.63) is 5.28 Å². The Balaban J connectivity index is 2.55. The molecule has 6 nitrogen and oxygen atoms in total. The van der Waals surface area contributed by atoms with Crippen LogP contribution in [-0.2, 0) is 0 Å². The summed E-state index contributed by atoms with van der Waals surface area (Å²) in [4.78, 5) is 12.1. The molecule has 0 aliphatic rings. The minimum atomic E-state index is -0.428. The highest BCUT2D eigenvalue weighted by atomic mass is 35.5. The third-order valence-corrected chi connectivity index (χ3v) is 2.55. The van der Waals surface area contributed by atoms with Gasteiger partial charge in [0.05, 0.1) is 6.10 Å². The van der Waals surface area contributed by atoms with Crippen molar-refractivity contribution in [3.8, 4) is 0 Å². The standard InChI is InChI=1S/C12H22ClN5O/c1-4-5-14-11-16-10(13)17-12(18-11)15-7-9(19)6-8(2)3/h8-9,19H,4-7H2,1-3H3,(H2,14,15,16,17,18). The van der Waals surface area contributed by atoms with Gasteiger partial charge in [0.1, 0.15) is 0 Å². The Bertz CT molecular complexity index is 388. The fourth-order valence-electron chi connectivity index (χ4n) is 1.58. The minimum absolute atomic E-state index is 0.134. The summed E-state index contributed by atoms with van der Waals surface area (Å²) in [6, 6.07) is 0. The highest BCUT2D eigenvalue weighted by Crippen LogP contribution is 2.10. The van der Waals surface area contributed by atoms with Gasteiger partial charge < -0.3 is 15.7 Å². The average molecular weight is 288 g/mol. The number of nitrogens with zero attached hydrogens (tertiary/aromatic N) is 3. The zero-order valence-corrected chi connectivity index (χ0v) is 12.4. The summed E-state index contributed by atoms with van der Waals surface area (Å²) in [5.74, 6) is 1.27. The molecule has 19 heavy (non-hydrogen) atoms. The van der Waals surface area contributed by atoms with Gasteiger partial charge in [-0.3, -0.25) is 0 Å². The smallest absolute Gasteiger partial charge is 0.228 e. The van der Waals surface area contributed by atoms with Gasteiger partial charge in [0.25, 0.3) is 0 Å². The maximum atomic E-state index is 9.78. The van der Waals surface area contributed by atoms with Crippen LogP contribution in [0.3, 0.4) is 0 Å². The molecule has 1 aromatic heterocycles. The van der Waals surface area contributed by atoms with Crippen molar-refractivity contribution >= 4 is 23.5 Å². The Morgan fingerprint density at radius 3 is 2.37 bits per heavy atom. The Morgan fingerprint density at radius 1 is 1.16 bits per heavy atom. The quantitative estimate of drug-likeness (QED) is 0.680. The molecule has 1 heterocycles. The lowest BCUT2D eigenvalue weighted by atomic mass is 10.1. The predicted molar refractivity (Wildman–Crippen MR) is 77.6 cm³/mol. The molecule has 0 aliphatic carbocycles. The van der Waals surface area contributed by atoms with Gasteiger partial charge in [0, 0.05) is 13.1 Å². The van der Waals surface area contributed by atoms with Gasteiger partial charge in [0.15, 0.2) is 0 Å². The van der Waals surface area contributed by atoms with Crippen LogP contribution in [0.2, 0.25) is 5.28 Å². The Kier molecular flexibility index (Phi) is 6.80. The maximum Gasteiger partial charge on any atom is 0.228 e. The van der Waals surface area contributed by atoms with Crippen LogP contribution < -0.4 is 10.6 Å². The van der Waals surface area contributed by atoms with Crippen molar-refractivity contribution < 1.29 is 5.11 Å². The van der Waals surface area contributed by atoms with Crippen molar-refractivity contribution in [2.45, 2.75) is 39.7 Å². The molecule has 1 rings (SSSR count). The van der Waals surface area contributed by atoms with Crippen LogP contribution in [0.1, 0.15) is 33.6 Å². The fraction of sp³-hybridized carbons (Fsp3) is 0.750. The second-order valence-electron chi connectivity index (χ2n) is 4.84. The molecule has 0 spiro atoms. The van der Waals surface area contributed by atoms with Gasteiger partial charge in [-0.25, -0.2) is 0 Å². The summed E-state index contributed by atoms with van der Waals surface area (Å²) < 4.78 is 0. The number of anilines is 2. The highest BCUT2D eigenvalue weighted by molar-refractivity contribution is 6.28. The first-order chi connectivity index (χ1) is 9.01. The van der Waals surface area contributed by atoms with E-state index in [0.29, 0.717) is 24.4 Å². The first kappa shape index (κ1) is 15.9. The van der Waals surface area contributed by atoms with E-state index in [0.717, 1.165) is 19.4 Å². The van der Waals surface area contributed by atoms with E-state index in [-0.39, 0.29) is 5.28 Å². The van der Waals surface area contributed by atoms with Crippen molar-refractivity contribution in [1.82, 2.24) is 15.0 Å². The molecular formula is C12H22ClN5O. The molecule has 0 aliphatic heterocycles. The van der Waals surface area contributed by atoms with E-state index < -0.39 is 6.10 Å². The molecule has 0 fully saturated rings. The zero-order chi connectivity index (χ0) is 14.3. The van der Waals surface area contributed by atoms with Gasteiger partial charge in [-0.15, -0.1) is 0 Å². The van der Waals surface area contributed by atoms with E-state index in [1.54, 1.807) is 0 Å². The summed E-state index contributed by atoms with van der Waals surface area (Å²) in [6.07, 6.45) is 1.27. The van der Waals surface area contributed by atoms with Crippen molar-refractivity contribution in [3.63, 3.8) is 0 Å². The van der Waals surface area contributed by atoms with Crippen molar-refractivity contribution in [2.24, 2.45) is 5.92 Å². The van der Waals surface area contributed by atoms with Crippen LogP contribution in [-0.4, -0.2) is 39.3 Å². The summed E-state index contributed by atoms with van der Waals surface area (Å²) >= 11 is 5.82. The maximum absolute atomic E-state index is 9.78. The third-order valence-electron chi connectivity index (χ3n) is 2.38. The SMILES string of the molecule is CCCNc1nc(Cl)nc(NCC(O)CC(C)C)n1. The molecule has 0 aromatic carbocycles. The summed E-state index contributed by atoms with van der Waals surface area (Å²) in [7, 11) is 0. The van der Waals surface area contributed by atoms with Crippen molar-refractivity contribution in [1.29, 1.82) is 0 Å². The predicted octanol–water partition coefficient (Wildman–Crippen LogP) is 2.17. The Hall–Kier alpha value is -1.14. The molecule has 0 radical (unpaired) electrons. The normalized spacial score (nSPS) is 12.5. The number of aliphatic hydroxyl groups excluding tert-OH is 1. The summed E-state index contributed by atoms with van der Waals surface area (Å²) in [5.41, 5.74) is 0. The summed E-state index contributed by atoms with van der Waals surface area (Å²) in [6.45, 7) is 7.35. The largest absolute Gasteiger partial charge is 0.391 e. The number of hydrogen-bond donors (Lipinski definition) is 3. The van der Waals surface area contributed by atoms with E-state index in [2.05, 4.69) is 46.4 Å². The van der Waals surface area contributed by atoms with Gasteiger partial charge >= 0.3 is 0 Å². The number of hydrogen-bond acceptors (Lipinski definition) is 6. The minimum Gasteiger partial charge on any atom is -0.391 e. The van der Waals surface area contributed by atoms with Gasteiger partial charge in [-0.2, -0.15) is 15.0 Å². The van der Waals surface area contributed by atoms with E-state index in [1.807, 2.05) is 0 Å². The van der Waals surface area contributed by atoms with Gasteiger partial charge in [-0.1, -0.05) is 20.8 Å². The lowest BCUT2D eigenvalue weighted by molar-refractivity contribution is 0.161. The van der Waals surface area contributed by atoms with Crippen LogP contribution in [0.25, 0.3) is 0 Å². The first-order valence-electron chi connectivity index (χ1n) is 6.58. The van der Waals surface area contributed by atoms with Gasteiger partial charge in [0.2, 0.25) is 17.2 Å². The second-order valence-corrected chi connectivity index (χ2v) is 5.18. The Morgan fingerprint density at radius 2 is 1.79 bits per heavy atom. The number of rotatable bonds is 8. The first-order valence-corrected chi connectivity index (χ1v) is 6.96. The molecule has 0 saturated carbocycles. The monoisotopic (exact) mass is 287 g/mol. The molecule has 1 aromatic rings. The topological polar surface area (TPSA) is 83.0 Å². The fourth-order valence-corrected chi connectivity index (χ4v) is 1.74.